The van der Waals surface area contributed by atoms with Crippen LogP contribution in [0.15, 0.2) is 24.3 Å². The van der Waals surface area contributed by atoms with Crippen LogP contribution in [0, 0.1) is 6.92 Å². The number of carbonyl (C=O) groups excluding carboxylic acids is 1. The Bertz CT molecular complexity index is 809. The second-order valence-corrected chi connectivity index (χ2v) is 6.53. The molecule has 1 aromatic carbocycles. The summed E-state index contributed by atoms with van der Waals surface area (Å²) in [6, 6.07) is 7.53. The van der Waals surface area contributed by atoms with Gasteiger partial charge in [0.1, 0.15) is 17.5 Å². The zero-order valence-electron chi connectivity index (χ0n) is 15.3. The number of aliphatic hydroxyl groups is 1. The van der Waals surface area contributed by atoms with Crippen molar-refractivity contribution in [3.8, 4) is 0 Å². The van der Waals surface area contributed by atoms with Crippen molar-refractivity contribution in [2.24, 2.45) is 0 Å². The molecule has 3 rings (SSSR count). The maximum atomic E-state index is 11.7. The maximum absolute atomic E-state index is 11.7. The van der Waals surface area contributed by atoms with E-state index in [2.05, 4.69) is 20.2 Å². The summed E-state index contributed by atoms with van der Waals surface area (Å²) in [5.74, 6) is 1.94. The third kappa shape index (κ3) is 3.94. The molecule has 7 nitrogen and oxygen atoms in total. The van der Waals surface area contributed by atoms with E-state index in [0.717, 1.165) is 25.3 Å². The first-order valence-electron chi connectivity index (χ1n) is 8.68. The molecule has 2 N–H and O–H groups in total. The van der Waals surface area contributed by atoms with Gasteiger partial charge in [-0.2, -0.15) is 0 Å². The predicted octanol–water partition coefficient (Wildman–Crippen LogP) is 1.93. The van der Waals surface area contributed by atoms with Crippen molar-refractivity contribution in [1.82, 2.24) is 9.97 Å². The molecule has 0 amide bonds. The first-order chi connectivity index (χ1) is 12.5. The smallest absolute Gasteiger partial charge is 0.337 e. The number of nitrogens with one attached hydrogen (secondary N) is 1. The molecule has 138 valence electrons. The van der Waals surface area contributed by atoms with Crippen LogP contribution in [-0.4, -0.2) is 47.3 Å². The van der Waals surface area contributed by atoms with Gasteiger partial charge in [-0.1, -0.05) is 6.07 Å². The van der Waals surface area contributed by atoms with Crippen LogP contribution >= 0.6 is 0 Å². The minimum Gasteiger partial charge on any atom is -0.465 e. The topological polar surface area (TPSA) is 87.6 Å². The summed E-state index contributed by atoms with van der Waals surface area (Å²) in [6.45, 7) is 5.33. The molecule has 0 radical (unpaired) electrons. The highest BCUT2D eigenvalue weighted by Gasteiger charge is 2.20. The van der Waals surface area contributed by atoms with Crippen molar-refractivity contribution in [1.29, 1.82) is 0 Å². The highest BCUT2D eigenvalue weighted by molar-refractivity contribution is 5.89. The maximum Gasteiger partial charge on any atom is 0.337 e. The van der Waals surface area contributed by atoms with Crippen molar-refractivity contribution < 1.29 is 14.6 Å². The summed E-state index contributed by atoms with van der Waals surface area (Å²) >= 11 is 0. The zero-order valence-corrected chi connectivity index (χ0v) is 15.3. The minimum atomic E-state index is -0.310. The molecule has 1 atom stereocenters. The van der Waals surface area contributed by atoms with E-state index >= 15 is 0 Å². The average molecular weight is 356 g/mol. The number of esters is 1. The number of carbonyl (C=O) groups is 1. The Kier molecular flexibility index (Phi) is 5.37. The lowest BCUT2D eigenvalue weighted by molar-refractivity contribution is 0.0600. The van der Waals surface area contributed by atoms with E-state index in [1.54, 1.807) is 6.07 Å². The van der Waals surface area contributed by atoms with Gasteiger partial charge < -0.3 is 20.1 Å². The second kappa shape index (κ2) is 7.70. The van der Waals surface area contributed by atoms with E-state index in [-0.39, 0.29) is 18.6 Å². The van der Waals surface area contributed by atoms with E-state index in [9.17, 15) is 9.90 Å². The fourth-order valence-electron chi connectivity index (χ4n) is 3.08. The fourth-order valence-corrected chi connectivity index (χ4v) is 3.08. The van der Waals surface area contributed by atoms with Gasteiger partial charge >= 0.3 is 5.97 Å². The fraction of sp³-hybridized carbons (Fsp3) is 0.421. The summed E-state index contributed by atoms with van der Waals surface area (Å²) in [6.07, 6.45) is 0.832. The number of methoxy groups -OCH3 is 1. The van der Waals surface area contributed by atoms with Crippen LogP contribution in [0.25, 0.3) is 0 Å². The standard InChI is InChI=1S/C19H24N4O3/c1-12(11-24)20-17-9-18(22-13(2)21-17)23-7-6-14-8-15(19(25)26-3)4-5-16(14)10-23/h4-5,8-9,12,24H,6-7,10-11H2,1-3H3,(H,20,21,22)/t12-/m0/s1. The van der Waals surface area contributed by atoms with Gasteiger partial charge in [-0.25, -0.2) is 14.8 Å². The van der Waals surface area contributed by atoms with E-state index in [1.165, 1.54) is 18.2 Å². The van der Waals surface area contributed by atoms with E-state index in [4.69, 9.17) is 4.74 Å². The molecular weight excluding hydrogens is 332 g/mol. The Morgan fingerprint density at radius 3 is 2.88 bits per heavy atom. The van der Waals surface area contributed by atoms with Crippen LogP contribution < -0.4 is 10.2 Å². The lowest BCUT2D eigenvalue weighted by Gasteiger charge is -2.30. The van der Waals surface area contributed by atoms with E-state index < -0.39 is 0 Å². The third-order valence-corrected chi connectivity index (χ3v) is 4.46. The summed E-state index contributed by atoms with van der Waals surface area (Å²) in [7, 11) is 1.39. The lowest BCUT2D eigenvalue weighted by Crippen LogP contribution is -2.31. The van der Waals surface area contributed by atoms with Gasteiger partial charge in [-0.05, 0) is 43.5 Å². The first kappa shape index (κ1) is 18.1. The number of rotatable bonds is 5. The van der Waals surface area contributed by atoms with Crippen molar-refractivity contribution in [2.75, 3.05) is 30.5 Å². The van der Waals surface area contributed by atoms with Gasteiger partial charge in [-0.3, -0.25) is 0 Å². The number of fused-ring (bicyclic) bond motifs is 1. The van der Waals surface area contributed by atoms with Gasteiger partial charge in [0, 0.05) is 25.2 Å². The number of aliphatic hydroxyl groups excluding tert-OH is 1. The second-order valence-electron chi connectivity index (χ2n) is 6.53. The number of hydrogen-bond donors (Lipinski definition) is 2. The molecule has 0 aliphatic carbocycles. The van der Waals surface area contributed by atoms with Crippen LogP contribution in [0.2, 0.25) is 0 Å². The highest BCUT2D eigenvalue weighted by atomic mass is 16.5. The zero-order chi connectivity index (χ0) is 18.7. The molecule has 0 spiro atoms. The quantitative estimate of drug-likeness (QED) is 0.792. The van der Waals surface area contributed by atoms with Gasteiger partial charge in [0.2, 0.25) is 0 Å². The molecule has 0 saturated heterocycles. The molecule has 0 fully saturated rings. The Morgan fingerprint density at radius 2 is 2.15 bits per heavy atom. The molecule has 26 heavy (non-hydrogen) atoms. The van der Waals surface area contributed by atoms with Gasteiger partial charge in [0.25, 0.3) is 0 Å². The largest absolute Gasteiger partial charge is 0.465 e. The van der Waals surface area contributed by atoms with Crippen molar-refractivity contribution >= 4 is 17.6 Å². The highest BCUT2D eigenvalue weighted by Crippen LogP contribution is 2.26. The molecule has 1 aliphatic rings. The minimum absolute atomic E-state index is 0.0397. The van der Waals surface area contributed by atoms with Gasteiger partial charge in [-0.15, -0.1) is 0 Å². The monoisotopic (exact) mass is 356 g/mol. The Labute approximate surface area is 153 Å². The number of ether oxygens (including phenoxy) is 1. The molecule has 1 aromatic heterocycles. The molecule has 0 saturated carbocycles. The summed E-state index contributed by atoms with van der Waals surface area (Å²) < 4.78 is 4.79. The number of anilines is 2. The molecule has 1 aliphatic heterocycles. The van der Waals surface area contributed by atoms with Crippen LogP contribution in [0.3, 0.4) is 0 Å². The van der Waals surface area contributed by atoms with Crippen LogP contribution in [-0.2, 0) is 17.7 Å². The molecule has 7 heteroatoms. The van der Waals surface area contributed by atoms with Crippen LogP contribution in [0.1, 0.15) is 34.2 Å². The molecule has 0 bridgehead atoms. The lowest BCUT2D eigenvalue weighted by atomic mass is 9.97. The normalized spacial score (nSPS) is 14.5. The first-order valence-corrected chi connectivity index (χ1v) is 8.68. The number of hydrogen-bond acceptors (Lipinski definition) is 7. The molecular formula is C19H24N4O3. The van der Waals surface area contributed by atoms with Crippen LogP contribution in [0.4, 0.5) is 11.6 Å². The van der Waals surface area contributed by atoms with Crippen molar-refractivity contribution in [2.45, 2.75) is 32.9 Å². The number of nitrogens with zero attached hydrogens (tertiary/aromatic N) is 3. The number of aromatic nitrogens is 2. The predicted molar refractivity (Wildman–Crippen MR) is 99.5 cm³/mol. The van der Waals surface area contributed by atoms with Crippen molar-refractivity contribution in [3.05, 3.63) is 46.8 Å². The van der Waals surface area contributed by atoms with E-state index in [1.807, 2.05) is 32.0 Å². The van der Waals surface area contributed by atoms with Crippen molar-refractivity contribution in [3.63, 3.8) is 0 Å². The van der Waals surface area contributed by atoms with Gasteiger partial charge in [0.05, 0.1) is 19.3 Å². The summed E-state index contributed by atoms with van der Waals surface area (Å²) in [4.78, 5) is 22.8. The molecule has 2 aromatic rings. The summed E-state index contributed by atoms with van der Waals surface area (Å²) in [5.41, 5.74) is 2.93. The Morgan fingerprint density at radius 1 is 1.35 bits per heavy atom. The third-order valence-electron chi connectivity index (χ3n) is 4.46. The Hall–Kier alpha value is -2.67. The molecule has 2 heterocycles. The SMILES string of the molecule is COC(=O)c1ccc2c(c1)CCN(c1cc(N[C@@H](C)CO)nc(C)n1)C2. The number of aryl methyl sites for hydroxylation is 1. The average Bonchev–Trinajstić information content (AvgIpc) is 2.65. The Balaban J connectivity index is 1.81. The van der Waals surface area contributed by atoms with Gasteiger partial charge in [0.15, 0.2) is 0 Å². The summed E-state index contributed by atoms with van der Waals surface area (Å²) in [5, 5.41) is 12.4. The van der Waals surface area contributed by atoms with Crippen LogP contribution in [0.5, 0.6) is 0 Å². The van der Waals surface area contributed by atoms with E-state index in [0.29, 0.717) is 17.2 Å². The number of benzene rings is 1. The molecule has 0 unspecified atom stereocenters.